The standard InChI is InChI=1S/C30H44N6O/c1-8-12-26-21-34-29(19-27(26)17-23(10-3)24(11-4)20-33-22(5)9-2)35-30(37)25-13-14-31-28(18-25)32-15-16-36(6)7/h10-14,17-19,21-22,33H,8-9,15-16,20H2,1-7H3,(H,31,32)(H,35,37)/b23-10+,24-11+,26-12+,27-17-. The molecule has 2 heterocycles. The molecule has 0 saturated heterocycles. The first-order valence-corrected chi connectivity index (χ1v) is 13.2. The fourth-order valence-electron chi connectivity index (χ4n) is 3.66. The number of rotatable bonds is 13. The molecule has 37 heavy (non-hydrogen) atoms. The van der Waals surface area contributed by atoms with Gasteiger partial charge in [-0.25, -0.2) is 9.97 Å². The molecule has 2 aromatic heterocycles. The van der Waals surface area contributed by atoms with Crippen LogP contribution in [0.1, 0.15) is 57.8 Å². The first-order valence-electron chi connectivity index (χ1n) is 13.2. The average Bonchev–Trinajstić information content (AvgIpc) is 2.89. The number of carbonyl (C=O) groups excluding carboxylic acids is 1. The number of amides is 1. The van der Waals surface area contributed by atoms with Crippen LogP contribution in [0.4, 0.5) is 11.6 Å². The Labute approximate surface area is 222 Å². The van der Waals surface area contributed by atoms with Crippen LogP contribution in [-0.4, -0.2) is 60.5 Å². The molecule has 0 radical (unpaired) electrons. The minimum Gasteiger partial charge on any atom is -0.369 e. The summed E-state index contributed by atoms with van der Waals surface area (Å²) in [7, 11) is 4.03. The highest BCUT2D eigenvalue weighted by Gasteiger charge is 2.09. The van der Waals surface area contributed by atoms with Gasteiger partial charge in [0.2, 0.25) is 0 Å². The third-order valence-electron chi connectivity index (χ3n) is 6.12. The Bertz CT molecular complexity index is 1200. The lowest BCUT2D eigenvalue weighted by molar-refractivity contribution is 0.102. The van der Waals surface area contributed by atoms with E-state index in [-0.39, 0.29) is 5.91 Å². The number of carbonyl (C=O) groups is 1. The highest BCUT2D eigenvalue weighted by molar-refractivity contribution is 6.04. The molecule has 0 saturated carbocycles. The van der Waals surface area contributed by atoms with Gasteiger partial charge in [-0.1, -0.05) is 32.1 Å². The molecule has 200 valence electrons. The molecule has 0 aliphatic carbocycles. The van der Waals surface area contributed by atoms with Crippen molar-refractivity contribution in [2.75, 3.05) is 44.4 Å². The number of hydrogen-bond donors (Lipinski definition) is 3. The molecule has 0 bridgehead atoms. The lowest BCUT2D eigenvalue weighted by Crippen LogP contribution is -2.29. The van der Waals surface area contributed by atoms with Crippen LogP contribution in [0, 0.1) is 0 Å². The van der Waals surface area contributed by atoms with Gasteiger partial charge in [0.1, 0.15) is 11.6 Å². The molecule has 1 unspecified atom stereocenters. The SMILES string of the molecule is C/C=C(CNC(C)CC)/C(/C=c1/cc(NC(=O)c2ccnc(NCCN(C)C)c2)nc/c1=C\CC)=C/C. The zero-order chi connectivity index (χ0) is 27.2. The van der Waals surface area contributed by atoms with E-state index in [0.717, 1.165) is 48.5 Å². The van der Waals surface area contributed by atoms with Crippen molar-refractivity contribution in [1.82, 2.24) is 20.2 Å². The van der Waals surface area contributed by atoms with Crippen molar-refractivity contribution >= 4 is 29.7 Å². The second kappa shape index (κ2) is 15.7. The Kier molecular flexibility index (Phi) is 12.7. The molecule has 1 atom stereocenters. The predicted molar refractivity (Wildman–Crippen MR) is 157 cm³/mol. The Hall–Kier alpha value is -3.29. The average molecular weight is 505 g/mol. The van der Waals surface area contributed by atoms with Crippen LogP contribution in [0.25, 0.3) is 12.2 Å². The Balaban J connectivity index is 2.31. The van der Waals surface area contributed by atoms with Crippen molar-refractivity contribution in [3.05, 3.63) is 69.9 Å². The van der Waals surface area contributed by atoms with E-state index in [1.165, 1.54) is 5.57 Å². The van der Waals surface area contributed by atoms with Crippen LogP contribution in [0.15, 0.2) is 53.9 Å². The quantitative estimate of drug-likeness (QED) is 0.358. The van der Waals surface area contributed by atoms with Crippen LogP contribution in [0.3, 0.4) is 0 Å². The van der Waals surface area contributed by atoms with Gasteiger partial charge in [0, 0.05) is 43.6 Å². The molecular formula is C30H44N6O. The monoisotopic (exact) mass is 504 g/mol. The summed E-state index contributed by atoms with van der Waals surface area (Å²) in [6, 6.07) is 5.86. The summed E-state index contributed by atoms with van der Waals surface area (Å²) in [6.45, 7) is 13.0. The lowest BCUT2D eigenvalue weighted by atomic mass is 10.0. The first kappa shape index (κ1) is 29.9. The van der Waals surface area contributed by atoms with Gasteiger partial charge in [0.05, 0.1) is 0 Å². The molecule has 0 fully saturated rings. The van der Waals surface area contributed by atoms with Gasteiger partial charge in [0.15, 0.2) is 0 Å². The fraction of sp³-hybridized carbons (Fsp3) is 0.433. The Morgan fingerprint density at radius 3 is 2.51 bits per heavy atom. The van der Waals surface area contributed by atoms with Crippen molar-refractivity contribution in [2.45, 2.75) is 53.5 Å². The van der Waals surface area contributed by atoms with Crippen LogP contribution in [-0.2, 0) is 0 Å². The summed E-state index contributed by atoms with van der Waals surface area (Å²) in [4.78, 5) is 23.9. The van der Waals surface area contributed by atoms with E-state index >= 15 is 0 Å². The van der Waals surface area contributed by atoms with Crippen LogP contribution >= 0.6 is 0 Å². The molecule has 3 N–H and O–H groups in total. The third kappa shape index (κ3) is 9.94. The van der Waals surface area contributed by atoms with Crippen molar-refractivity contribution in [1.29, 1.82) is 0 Å². The largest absolute Gasteiger partial charge is 0.369 e. The topological polar surface area (TPSA) is 82.2 Å². The number of likely N-dealkylation sites (N-methyl/N-ethyl adjacent to an activating group) is 1. The van der Waals surface area contributed by atoms with Gasteiger partial charge in [-0.15, -0.1) is 0 Å². The Morgan fingerprint density at radius 1 is 1.08 bits per heavy atom. The van der Waals surface area contributed by atoms with Gasteiger partial charge in [-0.3, -0.25) is 4.79 Å². The summed E-state index contributed by atoms with van der Waals surface area (Å²) in [6.07, 6.45) is 14.1. The zero-order valence-corrected chi connectivity index (χ0v) is 23.6. The van der Waals surface area contributed by atoms with Gasteiger partial charge in [0.25, 0.3) is 5.91 Å². The zero-order valence-electron chi connectivity index (χ0n) is 23.6. The van der Waals surface area contributed by atoms with Gasteiger partial charge in [-0.05, 0) is 93.6 Å². The summed E-state index contributed by atoms with van der Waals surface area (Å²) >= 11 is 0. The molecule has 7 heteroatoms. The second-order valence-electron chi connectivity index (χ2n) is 9.32. The normalized spacial score (nSPS) is 14.3. The summed E-state index contributed by atoms with van der Waals surface area (Å²) < 4.78 is 0. The minimum atomic E-state index is -0.220. The molecule has 7 nitrogen and oxygen atoms in total. The number of nitrogens with one attached hydrogen (secondary N) is 3. The maximum absolute atomic E-state index is 13.0. The second-order valence-corrected chi connectivity index (χ2v) is 9.32. The number of nitrogens with zero attached hydrogens (tertiary/aromatic N) is 3. The lowest BCUT2D eigenvalue weighted by Gasteiger charge is -2.14. The predicted octanol–water partition coefficient (Wildman–Crippen LogP) is 3.95. The van der Waals surface area contributed by atoms with Gasteiger partial charge in [-0.2, -0.15) is 0 Å². The molecular weight excluding hydrogens is 460 g/mol. The number of allylic oxidation sites excluding steroid dienone is 2. The number of pyridine rings is 2. The van der Waals surface area contributed by atoms with Crippen molar-refractivity contribution < 1.29 is 4.79 Å². The number of aromatic nitrogens is 2. The van der Waals surface area contributed by atoms with E-state index in [9.17, 15) is 4.79 Å². The molecule has 2 aromatic rings. The van der Waals surface area contributed by atoms with Crippen molar-refractivity contribution in [3.8, 4) is 0 Å². The molecule has 0 aromatic carbocycles. The fourth-order valence-corrected chi connectivity index (χ4v) is 3.66. The van der Waals surface area contributed by atoms with Gasteiger partial charge >= 0.3 is 0 Å². The van der Waals surface area contributed by atoms with Crippen LogP contribution in [0.2, 0.25) is 0 Å². The molecule has 0 aliphatic heterocycles. The molecule has 2 rings (SSSR count). The Morgan fingerprint density at radius 2 is 1.86 bits per heavy atom. The molecule has 0 aliphatic rings. The smallest absolute Gasteiger partial charge is 0.257 e. The summed E-state index contributed by atoms with van der Waals surface area (Å²) in [5.41, 5.74) is 2.91. The maximum Gasteiger partial charge on any atom is 0.257 e. The summed E-state index contributed by atoms with van der Waals surface area (Å²) in [5, 5.41) is 11.9. The molecule has 0 spiro atoms. The minimum absolute atomic E-state index is 0.220. The van der Waals surface area contributed by atoms with Crippen molar-refractivity contribution in [3.63, 3.8) is 0 Å². The van der Waals surface area contributed by atoms with Crippen LogP contribution in [0.5, 0.6) is 0 Å². The van der Waals surface area contributed by atoms with E-state index in [1.807, 2.05) is 26.4 Å². The van der Waals surface area contributed by atoms with E-state index in [1.54, 1.807) is 18.3 Å². The third-order valence-corrected chi connectivity index (χ3v) is 6.12. The van der Waals surface area contributed by atoms with E-state index < -0.39 is 0 Å². The number of hydrogen-bond acceptors (Lipinski definition) is 6. The van der Waals surface area contributed by atoms with Gasteiger partial charge < -0.3 is 20.9 Å². The number of anilines is 2. The highest BCUT2D eigenvalue weighted by atomic mass is 16.1. The maximum atomic E-state index is 13.0. The van der Waals surface area contributed by atoms with E-state index in [0.29, 0.717) is 23.2 Å². The summed E-state index contributed by atoms with van der Waals surface area (Å²) in [5.74, 6) is 0.965. The highest BCUT2D eigenvalue weighted by Crippen LogP contribution is 2.12. The van der Waals surface area contributed by atoms with E-state index in [2.05, 4.69) is 89.7 Å². The van der Waals surface area contributed by atoms with E-state index in [4.69, 9.17) is 0 Å². The first-order chi connectivity index (χ1) is 17.8. The van der Waals surface area contributed by atoms with Crippen molar-refractivity contribution in [2.24, 2.45) is 0 Å². The van der Waals surface area contributed by atoms with Crippen LogP contribution < -0.4 is 26.4 Å². The molecule has 1 amide bonds.